The number of rotatable bonds is 9. The zero-order valence-corrected chi connectivity index (χ0v) is 17.9. The van der Waals surface area contributed by atoms with Gasteiger partial charge in [0.2, 0.25) is 0 Å². The van der Waals surface area contributed by atoms with Gasteiger partial charge in [-0.05, 0) is 46.6 Å². The summed E-state index contributed by atoms with van der Waals surface area (Å²) in [5.74, 6) is 3.27. The molecule has 7 nitrogen and oxygen atoms in total. The molecule has 0 fully saturated rings. The van der Waals surface area contributed by atoms with E-state index < -0.39 is 5.60 Å². The van der Waals surface area contributed by atoms with Crippen molar-refractivity contribution in [1.29, 1.82) is 0 Å². The summed E-state index contributed by atoms with van der Waals surface area (Å²) >= 11 is 0. The Labute approximate surface area is 167 Å². The predicted octanol–water partition coefficient (Wildman–Crippen LogP) is 3.75. The molecule has 0 amide bonds. The molecule has 0 aromatic carbocycles. The Kier molecular flexibility index (Phi) is 7.69. The molecule has 0 spiro atoms. The second-order valence-electron chi connectivity index (χ2n) is 7.38. The molecular weight excluding hydrogens is 356 g/mol. The van der Waals surface area contributed by atoms with Gasteiger partial charge < -0.3 is 24.7 Å². The number of hydrogen-bond donors (Lipinski definition) is 3. The Hall–Kier alpha value is -2.28. The van der Waals surface area contributed by atoms with Gasteiger partial charge in [-0.3, -0.25) is 0 Å². The Morgan fingerprint density at radius 1 is 1.21 bits per heavy atom. The van der Waals surface area contributed by atoms with E-state index in [-0.39, 0.29) is 0 Å². The van der Waals surface area contributed by atoms with Crippen LogP contribution in [0.2, 0.25) is 0 Å². The van der Waals surface area contributed by atoms with E-state index in [2.05, 4.69) is 34.6 Å². The molecule has 1 atom stereocenters. The number of aliphatic imine (C=N–C) groups is 1. The van der Waals surface area contributed by atoms with Crippen LogP contribution in [0.4, 0.5) is 0 Å². The predicted molar refractivity (Wildman–Crippen MR) is 110 cm³/mol. The molecule has 2 rings (SSSR count). The molecule has 156 valence electrons. The second-order valence-corrected chi connectivity index (χ2v) is 7.38. The Morgan fingerprint density at radius 2 is 1.93 bits per heavy atom. The van der Waals surface area contributed by atoms with Crippen LogP contribution in [0.3, 0.4) is 0 Å². The van der Waals surface area contributed by atoms with Crippen LogP contribution in [0.5, 0.6) is 0 Å². The summed E-state index contributed by atoms with van der Waals surface area (Å²) in [6.07, 6.45) is 2.08. The minimum absolute atomic E-state index is 0.300. The Balaban J connectivity index is 2.03. The van der Waals surface area contributed by atoms with Crippen LogP contribution in [0.1, 0.15) is 75.0 Å². The highest BCUT2D eigenvalue weighted by Crippen LogP contribution is 2.26. The number of nitrogens with one attached hydrogen (secondary N) is 2. The molecule has 1 unspecified atom stereocenters. The van der Waals surface area contributed by atoms with Crippen molar-refractivity contribution in [2.45, 2.75) is 72.4 Å². The van der Waals surface area contributed by atoms with Gasteiger partial charge in [0.25, 0.3) is 0 Å². The van der Waals surface area contributed by atoms with E-state index in [4.69, 9.17) is 8.94 Å². The molecule has 28 heavy (non-hydrogen) atoms. The Bertz CT molecular complexity index is 772. The number of nitrogens with zero attached hydrogens (tertiary/aromatic N) is 2. The van der Waals surface area contributed by atoms with Crippen LogP contribution in [0.25, 0.3) is 0 Å². The monoisotopic (exact) mass is 390 g/mol. The largest absolute Gasteiger partial charge is 0.466 e. The first-order chi connectivity index (χ1) is 13.3. The fourth-order valence-electron chi connectivity index (χ4n) is 3.32. The zero-order chi connectivity index (χ0) is 20.7. The van der Waals surface area contributed by atoms with Gasteiger partial charge in [0.05, 0.1) is 12.2 Å². The van der Waals surface area contributed by atoms with Crippen LogP contribution >= 0.6 is 0 Å². The number of aryl methyl sites for hydroxylation is 2. The summed E-state index contributed by atoms with van der Waals surface area (Å²) in [5.41, 5.74) is 0.688. The minimum Gasteiger partial charge on any atom is -0.466 e. The van der Waals surface area contributed by atoms with Crippen molar-refractivity contribution in [2.24, 2.45) is 4.99 Å². The van der Waals surface area contributed by atoms with Crippen LogP contribution < -0.4 is 10.6 Å². The van der Waals surface area contributed by atoms with Crippen molar-refractivity contribution >= 4 is 5.96 Å². The molecule has 2 aromatic rings. The maximum atomic E-state index is 10.9. The number of guanidine groups is 1. The Morgan fingerprint density at radius 3 is 2.50 bits per heavy atom. The summed E-state index contributed by atoms with van der Waals surface area (Å²) in [6.45, 7) is 13.2. The van der Waals surface area contributed by atoms with Gasteiger partial charge in [-0.15, -0.1) is 0 Å². The van der Waals surface area contributed by atoms with E-state index in [0.29, 0.717) is 31.5 Å². The van der Waals surface area contributed by atoms with E-state index in [1.165, 1.54) is 0 Å². The molecule has 0 saturated carbocycles. The lowest BCUT2D eigenvalue weighted by Gasteiger charge is -2.24. The molecule has 0 bridgehead atoms. The molecule has 0 radical (unpaired) electrons. The maximum absolute atomic E-state index is 10.9. The average molecular weight is 391 g/mol. The van der Waals surface area contributed by atoms with Gasteiger partial charge >= 0.3 is 0 Å². The fourth-order valence-corrected chi connectivity index (χ4v) is 3.32. The summed E-state index contributed by atoms with van der Waals surface area (Å²) in [7, 11) is 0. The first kappa shape index (κ1) is 22.0. The smallest absolute Gasteiger partial charge is 0.191 e. The van der Waals surface area contributed by atoms with E-state index in [0.717, 1.165) is 41.4 Å². The first-order valence-electron chi connectivity index (χ1n) is 10.1. The van der Waals surface area contributed by atoms with Crippen LogP contribution in [0, 0.1) is 13.8 Å². The van der Waals surface area contributed by atoms with Crippen molar-refractivity contribution in [3.63, 3.8) is 0 Å². The van der Waals surface area contributed by atoms with E-state index in [1.807, 2.05) is 32.9 Å². The van der Waals surface area contributed by atoms with Crippen molar-refractivity contribution in [3.8, 4) is 0 Å². The molecule has 7 heteroatoms. The molecule has 2 heterocycles. The third-order valence-electron chi connectivity index (χ3n) is 4.94. The third kappa shape index (κ3) is 5.61. The topological polar surface area (TPSA) is 95.8 Å². The van der Waals surface area contributed by atoms with E-state index in [1.54, 1.807) is 6.92 Å². The van der Waals surface area contributed by atoms with Crippen LogP contribution in [-0.2, 0) is 12.1 Å². The first-order valence-corrected chi connectivity index (χ1v) is 10.1. The quantitative estimate of drug-likeness (QED) is 0.446. The van der Waals surface area contributed by atoms with Crippen molar-refractivity contribution in [3.05, 3.63) is 40.7 Å². The van der Waals surface area contributed by atoms with Crippen molar-refractivity contribution < 1.29 is 14.0 Å². The maximum Gasteiger partial charge on any atom is 0.191 e. The molecule has 2 aromatic heterocycles. The molecule has 0 saturated heterocycles. The summed E-state index contributed by atoms with van der Waals surface area (Å²) < 4.78 is 11.0. The van der Waals surface area contributed by atoms with Gasteiger partial charge in [-0.25, -0.2) is 4.99 Å². The van der Waals surface area contributed by atoms with E-state index >= 15 is 0 Å². The molecule has 0 aliphatic rings. The summed E-state index contributed by atoms with van der Waals surface area (Å²) in [4.78, 5) is 4.56. The van der Waals surface area contributed by atoms with Gasteiger partial charge in [-0.1, -0.05) is 19.0 Å². The summed E-state index contributed by atoms with van der Waals surface area (Å²) in [5, 5.41) is 21.4. The number of aliphatic hydroxyl groups is 1. The lowest BCUT2D eigenvalue weighted by Crippen LogP contribution is -2.44. The highest BCUT2D eigenvalue weighted by atomic mass is 16.5. The highest BCUT2D eigenvalue weighted by Gasteiger charge is 2.28. The lowest BCUT2D eigenvalue weighted by atomic mass is 9.96. The average Bonchev–Trinajstić information content (AvgIpc) is 3.25. The van der Waals surface area contributed by atoms with Gasteiger partial charge in [0.1, 0.15) is 23.7 Å². The van der Waals surface area contributed by atoms with Gasteiger partial charge in [0, 0.05) is 24.1 Å². The second kappa shape index (κ2) is 9.78. The lowest BCUT2D eigenvalue weighted by molar-refractivity contribution is 0.0601. The van der Waals surface area contributed by atoms with Crippen molar-refractivity contribution in [1.82, 2.24) is 15.8 Å². The van der Waals surface area contributed by atoms with Gasteiger partial charge in [-0.2, -0.15) is 0 Å². The molecule has 0 aliphatic heterocycles. The number of furan rings is 1. The summed E-state index contributed by atoms with van der Waals surface area (Å²) in [6, 6.07) is 3.85. The molecular formula is C21H34N4O3. The molecule has 3 N–H and O–H groups in total. The van der Waals surface area contributed by atoms with Crippen LogP contribution in [-0.4, -0.2) is 29.3 Å². The standard InChI is InChI=1S/C21H34N4O3/c1-7-16(8-2)19-11-17(28-25-19)12-23-20(22-9-3)24-13-21(6,26)18-10-14(4)27-15(18)5/h10-11,16,26H,7-9,12-13H2,1-6H3,(H2,22,23,24). The van der Waals surface area contributed by atoms with E-state index in [9.17, 15) is 5.11 Å². The minimum atomic E-state index is -1.08. The SMILES string of the molecule is CCNC(=NCc1cc(C(CC)CC)no1)NCC(C)(O)c1cc(C)oc1C. The highest BCUT2D eigenvalue weighted by molar-refractivity contribution is 5.79. The number of hydrogen-bond acceptors (Lipinski definition) is 5. The number of aromatic nitrogens is 1. The molecule has 0 aliphatic carbocycles. The fraction of sp³-hybridized carbons (Fsp3) is 0.619. The van der Waals surface area contributed by atoms with Crippen molar-refractivity contribution in [2.75, 3.05) is 13.1 Å². The normalized spacial score (nSPS) is 14.4. The zero-order valence-electron chi connectivity index (χ0n) is 17.9. The third-order valence-corrected chi connectivity index (χ3v) is 4.94. The van der Waals surface area contributed by atoms with Gasteiger partial charge in [0.15, 0.2) is 11.7 Å². The van der Waals surface area contributed by atoms with Crippen LogP contribution in [0.15, 0.2) is 26.1 Å².